The molecule has 3 aromatic rings. The Balaban J connectivity index is 1.35. The third-order valence-corrected chi connectivity index (χ3v) is 5.46. The molecule has 0 N–H and O–H groups in total. The van der Waals surface area contributed by atoms with Crippen molar-refractivity contribution in [2.45, 2.75) is 10.8 Å². The molecule has 0 radical (unpaired) electrons. The zero-order valence-corrected chi connectivity index (χ0v) is 15.6. The fourth-order valence-corrected chi connectivity index (χ4v) is 3.80. The van der Waals surface area contributed by atoms with Gasteiger partial charge >= 0.3 is 0 Å². The van der Waals surface area contributed by atoms with Gasteiger partial charge in [-0.25, -0.2) is 4.98 Å². The van der Waals surface area contributed by atoms with Crippen molar-refractivity contribution in [3.8, 4) is 0 Å². The summed E-state index contributed by atoms with van der Waals surface area (Å²) in [7, 11) is 0. The summed E-state index contributed by atoms with van der Waals surface area (Å²) < 4.78 is 5.01. The first-order chi connectivity index (χ1) is 13.3. The second-order valence-corrected chi connectivity index (χ2v) is 7.28. The van der Waals surface area contributed by atoms with Crippen LogP contribution in [-0.4, -0.2) is 47.0 Å². The first kappa shape index (κ1) is 17.6. The molecule has 1 amide bonds. The van der Waals surface area contributed by atoms with E-state index in [1.807, 2.05) is 23.1 Å². The van der Waals surface area contributed by atoms with Crippen molar-refractivity contribution in [2.75, 3.05) is 31.1 Å². The Hall–Kier alpha value is -2.80. The predicted octanol–water partition coefficient (Wildman–Crippen LogP) is 3.32. The number of carbonyl (C=O) groups is 1. The fraction of sp³-hybridized carbons (Fsp3) is 0.250. The van der Waals surface area contributed by atoms with Crippen molar-refractivity contribution in [2.24, 2.45) is 0 Å². The molecular weight excluding hydrogens is 360 g/mol. The Morgan fingerprint density at radius 3 is 2.63 bits per heavy atom. The maximum absolute atomic E-state index is 12.4. The molecule has 3 heterocycles. The maximum Gasteiger partial charge on any atom is 0.257 e. The van der Waals surface area contributed by atoms with Gasteiger partial charge in [-0.3, -0.25) is 9.78 Å². The van der Waals surface area contributed by atoms with Gasteiger partial charge in [-0.2, -0.15) is 0 Å². The second kappa shape index (κ2) is 8.26. The zero-order chi connectivity index (χ0) is 18.5. The van der Waals surface area contributed by atoms with Crippen LogP contribution in [0.1, 0.15) is 15.9 Å². The quantitative estimate of drug-likeness (QED) is 0.633. The topological polar surface area (TPSA) is 62.5 Å². The highest BCUT2D eigenvalue weighted by Crippen LogP contribution is 2.23. The van der Waals surface area contributed by atoms with Crippen LogP contribution in [-0.2, 0) is 5.75 Å². The van der Waals surface area contributed by atoms with Crippen LogP contribution in [0.3, 0.4) is 0 Å². The van der Waals surface area contributed by atoms with Gasteiger partial charge in [-0.05, 0) is 11.6 Å². The number of nitrogens with zero attached hydrogens (tertiary/aromatic N) is 4. The molecule has 1 aliphatic rings. The van der Waals surface area contributed by atoms with Crippen LogP contribution >= 0.6 is 11.8 Å². The number of piperazine rings is 1. The summed E-state index contributed by atoms with van der Waals surface area (Å²) in [6.45, 7) is 2.80. The number of hydrogen-bond acceptors (Lipinski definition) is 6. The van der Waals surface area contributed by atoms with Crippen LogP contribution in [0, 0.1) is 0 Å². The van der Waals surface area contributed by atoms with Gasteiger partial charge in [0.25, 0.3) is 5.91 Å². The molecule has 1 saturated heterocycles. The number of anilines is 1. The highest BCUT2D eigenvalue weighted by atomic mass is 32.2. The smallest absolute Gasteiger partial charge is 0.257 e. The van der Waals surface area contributed by atoms with Gasteiger partial charge in [0.2, 0.25) is 0 Å². The van der Waals surface area contributed by atoms with E-state index in [9.17, 15) is 4.79 Å². The van der Waals surface area contributed by atoms with E-state index in [1.165, 1.54) is 18.1 Å². The van der Waals surface area contributed by atoms with Crippen LogP contribution in [0.5, 0.6) is 0 Å². The Morgan fingerprint density at radius 2 is 1.89 bits per heavy atom. The van der Waals surface area contributed by atoms with Crippen molar-refractivity contribution >= 4 is 23.5 Å². The average molecular weight is 380 g/mol. The minimum absolute atomic E-state index is 0.0154. The maximum atomic E-state index is 12.4. The van der Waals surface area contributed by atoms with E-state index in [2.05, 4.69) is 22.0 Å². The summed E-state index contributed by atoms with van der Waals surface area (Å²) in [6.07, 6.45) is 6.61. The Morgan fingerprint density at radius 1 is 1.07 bits per heavy atom. The van der Waals surface area contributed by atoms with E-state index in [1.54, 1.807) is 30.2 Å². The van der Waals surface area contributed by atoms with E-state index in [-0.39, 0.29) is 5.91 Å². The van der Waals surface area contributed by atoms with Gasteiger partial charge in [0.15, 0.2) is 0 Å². The molecule has 0 atom stereocenters. The van der Waals surface area contributed by atoms with E-state index < -0.39 is 0 Å². The zero-order valence-electron chi connectivity index (χ0n) is 14.8. The predicted molar refractivity (Wildman–Crippen MR) is 105 cm³/mol. The van der Waals surface area contributed by atoms with Gasteiger partial charge in [0, 0.05) is 31.9 Å². The van der Waals surface area contributed by atoms with Crippen LogP contribution < -0.4 is 4.90 Å². The van der Waals surface area contributed by atoms with Crippen molar-refractivity contribution < 1.29 is 9.21 Å². The molecule has 1 fully saturated rings. The van der Waals surface area contributed by atoms with E-state index in [0.717, 1.165) is 29.7 Å². The third kappa shape index (κ3) is 4.31. The molecule has 0 bridgehead atoms. The van der Waals surface area contributed by atoms with Crippen LogP contribution in [0.25, 0.3) is 0 Å². The summed E-state index contributed by atoms with van der Waals surface area (Å²) in [4.78, 5) is 25.5. The highest BCUT2D eigenvalue weighted by Gasteiger charge is 2.23. The minimum Gasteiger partial charge on any atom is -0.472 e. The number of rotatable bonds is 5. The monoisotopic (exact) mass is 380 g/mol. The number of benzene rings is 1. The molecule has 0 unspecified atom stereocenters. The molecule has 0 saturated carbocycles. The molecule has 7 heteroatoms. The average Bonchev–Trinajstić information content (AvgIpc) is 3.28. The Labute approximate surface area is 162 Å². The van der Waals surface area contributed by atoms with Gasteiger partial charge in [0.1, 0.15) is 17.1 Å². The van der Waals surface area contributed by atoms with E-state index in [4.69, 9.17) is 9.40 Å². The number of thioether (sulfide) groups is 1. The Bertz CT molecular complexity index is 878. The van der Waals surface area contributed by atoms with Gasteiger partial charge in [-0.15, -0.1) is 11.8 Å². The lowest BCUT2D eigenvalue weighted by Crippen LogP contribution is -2.49. The summed E-state index contributed by atoms with van der Waals surface area (Å²) in [6, 6.07) is 12.0. The van der Waals surface area contributed by atoms with Crippen molar-refractivity contribution in [3.05, 3.63) is 72.4 Å². The van der Waals surface area contributed by atoms with Crippen LogP contribution in [0.4, 0.5) is 5.82 Å². The third-order valence-electron chi connectivity index (χ3n) is 4.49. The molecule has 6 nitrogen and oxygen atoms in total. The lowest BCUT2D eigenvalue weighted by Gasteiger charge is -2.35. The summed E-state index contributed by atoms with van der Waals surface area (Å²) in [5, 5.41) is 0.910. The number of aromatic nitrogens is 2. The molecule has 2 aromatic heterocycles. The normalized spacial score (nSPS) is 14.4. The van der Waals surface area contributed by atoms with Gasteiger partial charge < -0.3 is 14.2 Å². The molecule has 27 heavy (non-hydrogen) atoms. The largest absolute Gasteiger partial charge is 0.472 e. The van der Waals surface area contributed by atoms with Crippen molar-refractivity contribution in [1.82, 2.24) is 14.9 Å². The molecular formula is C20H20N4O2S. The van der Waals surface area contributed by atoms with Crippen LogP contribution in [0.2, 0.25) is 0 Å². The summed E-state index contributed by atoms with van der Waals surface area (Å²) in [5.74, 6) is 1.75. The molecule has 1 aromatic carbocycles. The van der Waals surface area contributed by atoms with Gasteiger partial charge in [0.05, 0.1) is 24.2 Å². The van der Waals surface area contributed by atoms with Crippen LogP contribution in [0.15, 0.2) is 70.8 Å². The first-order valence-electron chi connectivity index (χ1n) is 8.85. The minimum atomic E-state index is 0.0154. The lowest BCUT2D eigenvalue weighted by molar-refractivity contribution is 0.0745. The second-order valence-electron chi connectivity index (χ2n) is 6.28. The molecule has 0 aliphatic carbocycles. The Kier molecular flexibility index (Phi) is 5.39. The number of carbonyl (C=O) groups excluding carboxylic acids is 1. The molecule has 4 rings (SSSR count). The van der Waals surface area contributed by atoms with Crippen molar-refractivity contribution in [3.63, 3.8) is 0 Å². The van der Waals surface area contributed by atoms with Gasteiger partial charge in [-0.1, -0.05) is 30.3 Å². The highest BCUT2D eigenvalue weighted by molar-refractivity contribution is 7.98. The number of furan rings is 1. The fourth-order valence-electron chi connectivity index (χ4n) is 3.00. The van der Waals surface area contributed by atoms with E-state index >= 15 is 0 Å². The standard InChI is InChI=1S/C20H20N4O2S/c25-20(17-6-11-26-14-17)24-9-7-23(8-10-24)18-12-21-13-19(22-18)27-15-16-4-2-1-3-5-16/h1-6,11-14H,7-10,15H2. The lowest BCUT2D eigenvalue weighted by atomic mass is 10.2. The summed E-state index contributed by atoms with van der Waals surface area (Å²) in [5.41, 5.74) is 1.86. The van der Waals surface area contributed by atoms with E-state index in [0.29, 0.717) is 18.7 Å². The number of amides is 1. The van der Waals surface area contributed by atoms with Crippen molar-refractivity contribution in [1.29, 1.82) is 0 Å². The summed E-state index contributed by atoms with van der Waals surface area (Å²) >= 11 is 1.68. The SMILES string of the molecule is O=C(c1ccoc1)N1CCN(c2cncc(SCc3ccccc3)n2)CC1. The molecule has 1 aliphatic heterocycles. The molecule has 0 spiro atoms. The first-order valence-corrected chi connectivity index (χ1v) is 9.83. The number of hydrogen-bond donors (Lipinski definition) is 0. The molecule has 138 valence electrons.